The topological polar surface area (TPSA) is 208 Å². The molecule has 0 heterocycles. The molecule has 13 heteroatoms. The molecule has 0 saturated heterocycles. The van der Waals surface area contributed by atoms with Crippen molar-refractivity contribution in [2.45, 2.75) is 70.3 Å². The van der Waals surface area contributed by atoms with Crippen LogP contribution in [0.2, 0.25) is 0 Å². The van der Waals surface area contributed by atoms with Crippen LogP contribution < -0.4 is 21.7 Å². The predicted molar refractivity (Wildman–Crippen MR) is 113 cm³/mol. The van der Waals surface area contributed by atoms with Crippen LogP contribution in [0.15, 0.2) is 0 Å². The maximum Gasteiger partial charge on any atom is 0.327 e. The summed E-state index contributed by atoms with van der Waals surface area (Å²) in [5, 5.41) is 34.5. The molecule has 0 aliphatic rings. The first-order chi connectivity index (χ1) is 14.3. The van der Waals surface area contributed by atoms with Gasteiger partial charge in [0.05, 0.1) is 6.10 Å². The van der Waals surface area contributed by atoms with E-state index >= 15 is 0 Å². The summed E-state index contributed by atoms with van der Waals surface area (Å²) >= 11 is 3.88. The van der Waals surface area contributed by atoms with Crippen molar-refractivity contribution in [3.63, 3.8) is 0 Å². The quantitative estimate of drug-likeness (QED) is 0.134. The fourth-order valence-corrected chi connectivity index (χ4v) is 2.67. The molecule has 12 nitrogen and oxygen atoms in total. The Morgan fingerprint density at radius 3 is 1.90 bits per heavy atom. The van der Waals surface area contributed by atoms with Gasteiger partial charge in [0.2, 0.25) is 17.7 Å². The summed E-state index contributed by atoms with van der Waals surface area (Å²) in [6.07, 6.45) is -1.50. The Hall–Kier alpha value is -2.38. The van der Waals surface area contributed by atoms with Gasteiger partial charge in [-0.25, -0.2) is 4.79 Å². The lowest BCUT2D eigenvalue weighted by molar-refractivity contribution is -0.142. The molecule has 0 aliphatic heterocycles. The maximum absolute atomic E-state index is 12.8. The van der Waals surface area contributed by atoms with E-state index in [0.29, 0.717) is 6.42 Å². The molecule has 0 fully saturated rings. The number of amides is 3. The number of nitrogens with two attached hydrogens (primary N) is 1. The van der Waals surface area contributed by atoms with Gasteiger partial charge in [0, 0.05) is 12.2 Å². The molecule has 8 N–H and O–H groups in total. The zero-order valence-corrected chi connectivity index (χ0v) is 18.6. The third kappa shape index (κ3) is 9.98. The van der Waals surface area contributed by atoms with Crippen LogP contribution in [0, 0.1) is 5.92 Å². The Kier molecular flexibility index (Phi) is 12.8. The Morgan fingerprint density at radius 2 is 1.48 bits per heavy atom. The number of carboxylic acids is 2. The second kappa shape index (κ2) is 13.8. The number of aliphatic hydroxyl groups excluding tert-OH is 1. The Balaban J connectivity index is 5.54. The van der Waals surface area contributed by atoms with Crippen molar-refractivity contribution in [3.05, 3.63) is 0 Å². The molecule has 6 unspecified atom stereocenters. The Labute approximate surface area is 185 Å². The predicted octanol–water partition coefficient (Wildman–Crippen LogP) is -1.93. The highest BCUT2D eigenvalue weighted by atomic mass is 32.1. The number of aliphatic carboxylic acids is 2. The van der Waals surface area contributed by atoms with Gasteiger partial charge in [0.25, 0.3) is 0 Å². The Morgan fingerprint density at radius 1 is 0.935 bits per heavy atom. The molecule has 6 atom stereocenters. The smallest absolute Gasteiger partial charge is 0.327 e. The number of aliphatic hydroxyl groups is 1. The van der Waals surface area contributed by atoms with Crippen molar-refractivity contribution in [3.8, 4) is 0 Å². The number of carbonyl (C=O) groups excluding carboxylic acids is 3. The summed E-state index contributed by atoms with van der Waals surface area (Å²) in [6.45, 7) is 4.70. The SMILES string of the molecule is CCC(C)C(NC(=O)C(CCC(=O)O)NC(=O)C(N)C(C)O)C(=O)NC(CS)C(=O)O. The minimum atomic E-state index is -1.35. The molecule has 0 aromatic rings. The zero-order chi connectivity index (χ0) is 24.3. The average Bonchev–Trinajstić information content (AvgIpc) is 2.70. The Bertz CT molecular complexity index is 660. The van der Waals surface area contributed by atoms with Crippen molar-refractivity contribution in [1.82, 2.24) is 16.0 Å². The zero-order valence-electron chi connectivity index (χ0n) is 17.7. The third-order valence-electron chi connectivity index (χ3n) is 4.69. The van der Waals surface area contributed by atoms with Crippen LogP contribution in [-0.4, -0.2) is 81.0 Å². The fraction of sp³-hybridized carbons (Fsp3) is 0.722. The van der Waals surface area contributed by atoms with Crippen LogP contribution in [-0.2, 0) is 24.0 Å². The van der Waals surface area contributed by atoms with Gasteiger partial charge in [-0.05, 0) is 19.3 Å². The van der Waals surface area contributed by atoms with Gasteiger partial charge in [-0.2, -0.15) is 12.6 Å². The number of nitrogens with one attached hydrogen (secondary N) is 3. The molecule has 0 aliphatic carbocycles. The molecular weight excluding hydrogens is 432 g/mol. The van der Waals surface area contributed by atoms with Gasteiger partial charge in [0.15, 0.2) is 0 Å². The molecule has 3 amide bonds. The summed E-state index contributed by atoms with van der Waals surface area (Å²) in [4.78, 5) is 59.6. The van der Waals surface area contributed by atoms with Crippen molar-refractivity contribution in [2.24, 2.45) is 11.7 Å². The van der Waals surface area contributed by atoms with Crippen molar-refractivity contribution >= 4 is 42.3 Å². The summed E-state index contributed by atoms with van der Waals surface area (Å²) in [7, 11) is 0. The van der Waals surface area contributed by atoms with Gasteiger partial charge >= 0.3 is 11.9 Å². The lowest BCUT2D eigenvalue weighted by atomic mass is 9.97. The highest BCUT2D eigenvalue weighted by molar-refractivity contribution is 7.80. The fourth-order valence-electron chi connectivity index (χ4n) is 2.43. The highest BCUT2D eigenvalue weighted by Gasteiger charge is 2.33. The van der Waals surface area contributed by atoms with E-state index in [0.717, 1.165) is 0 Å². The van der Waals surface area contributed by atoms with Crippen LogP contribution in [0.25, 0.3) is 0 Å². The second-order valence-electron chi connectivity index (χ2n) is 7.21. The van der Waals surface area contributed by atoms with E-state index in [1.54, 1.807) is 13.8 Å². The van der Waals surface area contributed by atoms with E-state index in [1.807, 2.05) is 0 Å². The summed E-state index contributed by atoms with van der Waals surface area (Å²) in [5.74, 6) is -5.55. The van der Waals surface area contributed by atoms with Crippen molar-refractivity contribution in [2.75, 3.05) is 5.75 Å². The monoisotopic (exact) mass is 464 g/mol. The summed E-state index contributed by atoms with van der Waals surface area (Å²) in [6, 6.07) is -5.10. The number of carbonyl (C=O) groups is 5. The maximum atomic E-state index is 12.8. The molecule has 0 radical (unpaired) electrons. The first kappa shape index (κ1) is 28.6. The second-order valence-corrected chi connectivity index (χ2v) is 7.58. The van der Waals surface area contributed by atoms with Crippen LogP contribution in [0.4, 0.5) is 0 Å². The van der Waals surface area contributed by atoms with Crippen LogP contribution in [0.3, 0.4) is 0 Å². The molecule has 0 spiro atoms. The van der Waals surface area contributed by atoms with Gasteiger partial charge in [-0.15, -0.1) is 0 Å². The number of hydrogen-bond acceptors (Lipinski definition) is 8. The minimum absolute atomic E-state index is 0.170. The van der Waals surface area contributed by atoms with Gasteiger partial charge in [-0.1, -0.05) is 20.3 Å². The van der Waals surface area contributed by atoms with Crippen molar-refractivity contribution in [1.29, 1.82) is 0 Å². The van der Waals surface area contributed by atoms with E-state index in [-0.39, 0.29) is 12.2 Å². The molecule has 0 saturated carbocycles. The van der Waals surface area contributed by atoms with Gasteiger partial charge in [-0.3, -0.25) is 19.2 Å². The molecule has 0 rings (SSSR count). The van der Waals surface area contributed by atoms with E-state index in [2.05, 4.69) is 28.6 Å². The summed E-state index contributed by atoms with van der Waals surface area (Å²) in [5.41, 5.74) is 5.55. The number of rotatable bonds is 14. The molecule has 31 heavy (non-hydrogen) atoms. The molecular formula is C18H32N4O8S. The van der Waals surface area contributed by atoms with E-state index in [4.69, 9.17) is 15.9 Å². The largest absolute Gasteiger partial charge is 0.481 e. The molecule has 178 valence electrons. The number of thiol groups is 1. The standard InChI is InChI=1S/C18H32N4O8S/c1-4-8(2)14(17(28)21-11(7-31)18(29)30)22-15(26)10(5-6-12(24)25)20-16(27)13(19)9(3)23/h8-11,13-14,23,31H,4-7,19H2,1-3H3,(H,20,27)(H,21,28)(H,22,26)(H,24,25)(H,29,30). The van der Waals surface area contributed by atoms with Gasteiger partial charge < -0.3 is 37.0 Å². The van der Waals surface area contributed by atoms with Crippen LogP contribution >= 0.6 is 12.6 Å². The van der Waals surface area contributed by atoms with Crippen LogP contribution in [0.1, 0.15) is 40.0 Å². The lowest BCUT2D eigenvalue weighted by Gasteiger charge is -2.28. The first-order valence-corrected chi connectivity index (χ1v) is 10.4. The van der Waals surface area contributed by atoms with E-state index in [1.165, 1.54) is 6.92 Å². The number of carboxylic acid groups (broad SMARTS) is 2. The van der Waals surface area contributed by atoms with E-state index < -0.39 is 72.3 Å². The first-order valence-electron chi connectivity index (χ1n) is 9.75. The molecule has 0 aromatic carbocycles. The normalized spacial score (nSPS) is 16.7. The van der Waals surface area contributed by atoms with Crippen molar-refractivity contribution < 1.29 is 39.3 Å². The highest BCUT2D eigenvalue weighted by Crippen LogP contribution is 2.10. The lowest BCUT2D eigenvalue weighted by Crippen LogP contribution is -2.59. The molecule has 0 aromatic heterocycles. The average molecular weight is 465 g/mol. The van der Waals surface area contributed by atoms with Crippen LogP contribution in [0.5, 0.6) is 0 Å². The minimum Gasteiger partial charge on any atom is -0.481 e. The third-order valence-corrected chi connectivity index (χ3v) is 5.06. The van der Waals surface area contributed by atoms with E-state index in [9.17, 15) is 29.1 Å². The summed E-state index contributed by atoms with van der Waals surface area (Å²) < 4.78 is 0. The molecule has 0 bridgehead atoms. The van der Waals surface area contributed by atoms with Gasteiger partial charge in [0.1, 0.15) is 24.2 Å². The number of hydrogen-bond donors (Lipinski definition) is 8.